The monoisotopic (exact) mass is 229 g/mol. The molecule has 1 aromatic rings. The summed E-state index contributed by atoms with van der Waals surface area (Å²) in [6.45, 7) is 0.661. The van der Waals surface area contributed by atoms with E-state index in [-0.39, 0.29) is 11.7 Å². The SMILES string of the molecule is C#CCCC(=O)N1CCCc2cccc(O)c21. The van der Waals surface area contributed by atoms with E-state index in [0.29, 0.717) is 25.1 Å². The Labute approximate surface area is 101 Å². The van der Waals surface area contributed by atoms with Gasteiger partial charge in [0.15, 0.2) is 0 Å². The minimum atomic E-state index is -0.00889. The van der Waals surface area contributed by atoms with Crippen LogP contribution < -0.4 is 4.90 Å². The van der Waals surface area contributed by atoms with E-state index in [1.807, 2.05) is 12.1 Å². The molecule has 17 heavy (non-hydrogen) atoms. The molecule has 1 aliphatic heterocycles. The normalized spacial score (nSPS) is 13.9. The number of nitrogens with zero attached hydrogens (tertiary/aromatic N) is 1. The number of phenolic OH excluding ortho intramolecular Hbond substituents is 1. The molecule has 3 heteroatoms. The van der Waals surface area contributed by atoms with Crippen LogP contribution >= 0.6 is 0 Å². The van der Waals surface area contributed by atoms with E-state index in [4.69, 9.17) is 6.42 Å². The third-order valence-corrected chi connectivity index (χ3v) is 2.98. The molecule has 2 rings (SSSR count). The van der Waals surface area contributed by atoms with Gasteiger partial charge in [0, 0.05) is 19.4 Å². The van der Waals surface area contributed by atoms with Crippen molar-refractivity contribution in [3.8, 4) is 18.1 Å². The third kappa shape index (κ3) is 2.26. The second-order valence-electron chi connectivity index (χ2n) is 4.14. The molecular formula is C14H15NO2. The lowest BCUT2D eigenvalue weighted by atomic mass is 10.0. The third-order valence-electron chi connectivity index (χ3n) is 2.98. The summed E-state index contributed by atoms with van der Waals surface area (Å²) in [7, 11) is 0. The lowest BCUT2D eigenvalue weighted by molar-refractivity contribution is -0.118. The molecule has 0 aromatic heterocycles. The highest BCUT2D eigenvalue weighted by molar-refractivity contribution is 5.96. The topological polar surface area (TPSA) is 40.5 Å². The van der Waals surface area contributed by atoms with E-state index in [9.17, 15) is 9.90 Å². The Morgan fingerprint density at radius 1 is 1.53 bits per heavy atom. The molecule has 0 saturated heterocycles. The highest BCUT2D eigenvalue weighted by atomic mass is 16.3. The van der Waals surface area contributed by atoms with Gasteiger partial charge in [-0.2, -0.15) is 0 Å². The first-order chi connectivity index (χ1) is 8.24. The molecule has 0 spiro atoms. The molecule has 1 heterocycles. The minimum Gasteiger partial charge on any atom is -0.506 e. The molecule has 0 saturated carbocycles. The van der Waals surface area contributed by atoms with E-state index < -0.39 is 0 Å². The van der Waals surface area contributed by atoms with E-state index in [0.717, 1.165) is 18.4 Å². The number of rotatable bonds is 2. The number of anilines is 1. The summed E-state index contributed by atoms with van der Waals surface area (Å²) in [5, 5.41) is 9.87. The van der Waals surface area contributed by atoms with Crippen LogP contribution in [0.15, 0.2) is 18.2 Å². The fourth-order valence-corrected chi connectivity index (χ4v) is 2.19. The predicted molar refractivity (Wildman–Crippen MR) is 66.8 cm³/mol. The fraction of sp³-hybridized carbons (Fsp3) is 0.357. The van der Waals surface area contributed by atoms with Crippen molar-refractivity contribution < 1.29 is 9.90 Å². The van der Waals surface area contributed by atoms with E-state index in [2.05, 4.69) is 5.92 Å². The summed E-state index contributed by atoms with van der Waals surface area (Å²) in [6.07, 6.45) is 7.78. The summed E-state index contributed by atoms with van der Waals surface area (Å²) in [4.78, 5) is 13.6. The molecule has 88 valence electrons. The Kier molecular flexibility index (Phi) is 3.34. The predicted octanol–water partition coefficient (Wildman–Crippen LogP) is 2.08. The Hall–Kier alpha value is -1.95. The molecule has 0 fully saturated rings. The first-order valence-corrected chi connectivity index (χ1v) is 5.78. The Bertz CT molecular complexity index is 474. The van der Waals surface area contributed by atoms with E-state index in [1.54, 1.807) is 11.0 Å². The highest BCUT2D eigenvalue weighted by Gasteiger charge is 2.24. The quantitative estimate of drug-likeness (QED) is 0.789. The van der Waals surface area contributed by atoms with Gasteiger partial charge in [-0.25, -0.2) is 0 Å². The van der Waals surface area contributed by atoms with Crippen molar-refractivity contribution in [2.75, 3.05) is 11.4 Å². The maximum atomic E-state index is 12.0. The second-order valence-corrected chi connectivity index (χ2v) is 4.14. The number of amides is 1. The van der Waals surface area contributed by atoms with Crippen molar-refractivity contribution in [3.63, 3.8) is 0 Å². The lowest BCUT2D eigenvalue weighted by Gasteiger charge is -2.30. The van der Waals surface area contributed by atoms with Crippen molar-refractivity contribution in [1.29, 1.82) is 0 Å². The first kappa shape index (κ1) is 11.5. The van der Waals surface area contributed by atoms with Crippen LogP contribution in [0.1, 0.15) is 24.8 Å². The number of benzene rings is 1. The van der Waals surface area contributed by atoms with Crippen molar-refractivity contribution in [1.82, 2.24) is 0 Å². The summed E-state index contributed by atoms with van der Waals surface area (Å²) >= 11 is 0. The number of aromatic hydroxyl groups is 1. The zero-order valence-electron chi connectivity index (χ0n) is 9.65. The molecule has 0 unspecified atom stereocenters. The van der Waals surface area contributed by atoms with Gasteiger partial charge in [0.25, 0.3) is 0 Å². The molecule has 0 atom stereocenters. The van der Waals surface area contributed by atoms with Crippen LogP contribution in [0, 0.1) is 12.3 Å². The van der Waals surface area contributed by atoms with Crippen LogP contribution in [0.5, 0.6) is 5.75 Å². The number of aryl methyl sites for hydroxylation is 1. The summed E-state index contributed by atoms with van der Waals surface area (Å²) in [5.41, 5.74) is 1.70. The molecular weight excluding hydrogens is 214 g/mol. The Morgan fingerprint density at radius 3 is 3.12 bits per heavy atom. The molecule has 0 bridgehead atoms. The maximum absolute atomic E-state index is 12.0. The van der Waals surface area contributed by atoms with Gasteiger partial charge in [0.05, 0.1) is 5.69 Å². The van der Waals surface area contributed by atoms with Gasteiger partial charge in [-0.15, -0.1) is 12.3 Å². The number of phenols is 1. The number of terminal acetylenes is 1. The van der Waals surface area contributed by atoms with Crippen LogP contribution in [0.25, 0.3) is 0 Å². The van der Waals surface area contributed by atoms with Crippen molar-refractivity contribution >= 4 is 11.6 Å². The van der Waals surface area contributed by atoms with Crippen molar-refractivity contribution in [2.24, 2.45) is 0 Å². The Balaban J connectivity index is 2.28. The number of carbonyl (C=O) groups excluding carboxylic acids is 1. The fourth-order valence-electron chi connectivity index (χ4n) is 2.19. The molecule has 1 amide bonds. The zero-order valence-corrected chi connectivity index (χ0v) is 9.65. The Morgan fingerprint density at radius 2 is 2.35 bits per heavy atom. The van der Waals surface area contributed by atoms with Crippen molar-refractivity contribution in [3.05, 3.63) is 23.8 Å². The summed E-state index contributed by atoms with van der Waals surface area (Å²) < 4.78 is 0. The molecule has 3 nitrogen and oxygen atoms in total. The van der Waals surface area contributed by atoms with Gasteiger partial charge in [-0.05, 0) is 24.5 Å². The standard InChI is InChI=1S/C14H15NO2/c1-2-3-9-13(17)15-10-5-7-11-6-4-8-12(16)14(11)15/h1,4,6,8,16H,3,5,7,9-10H2. The summed E-state index contributed by atoms with van der Waals surface area (Å²) in [6, 6.07) is 5.38. The van der Waals surface area contributed by atoms with Crippen LogP contribution in [0.4, 0.5) is 5.69 Å². The van der Waals surface area contributed by atoms with Gasteiger partial charge >= 0.3 is 0 Å². The molecule has 1 aliphatic rings. The van der Waals surface area contributed by atoms with Gasteiger partial charge in [0.2, 0.25) is 5.91 Å². The molecule has 0 aliphatic carbocycles. The van der Waals surface area contributed by atoms with Gasteiger partial charge in [0.1, 0.15) is 5.75 Å². The number of para-hydroxylation sites is 1. The summed E-state index contributed by atoms with van der Waals surface area (Å²) in [5.74, 6) is 2.63. The van der Waals surface area contributed by atoms with Gasteiger partial charge in [-0.3, -0.25) is 4.79 Å². The number of hydrogen-bond acceptors (Lipinski definition) is 2. The second kappa shape index (κ2) is 4.92. The van der Waals surface area contributed by atoms with Gasteiger partial charge in [-0.1, -0.05) is 12.1 Å². The molecule has 1 N–H and O–H groups in total. The number of fused-ring (bicyclic) bond motifs is 1. The van der Waals surface area contributed by atoms with Crippen molar-refractivity contribution in [2.45, 2.75) is 25.7 Å². The van der Waals surface area contributed by atoms with Crippen LogP contribution in [0.2, 0.25) is 0 Å². The van der Waals surface area contributed by atoms with Gasteiger partial charge < -0.3 is 10.0 Å². The number of carbonyl (C=O) groups is 1. The van der Waals surface area contributed by atoms with E-state index >= 15 is 0 Å². The van der Waals surface area contributed by atoms with Crippen LogP contribution in [-0.2, 0) is 11.2 Å². The molecule has 0 radical (unpaired) electrons. The lowest BCUT2D eigenvalue weighted by Crippen LogP contribution is -2.35. The molecule has 1 aromatic carbocycles. The largest absolute Gasteiger partial charge is 0.506 e. The highest BCUT2D eigenvalue weighted by Crippen LogP contribution is 2.35. The average Bonchev–Trinajstić information content (AvgIpc) is 2.35. The first-order valence-electron chi connectivity index (χ1n) is 5.78. The van der Waals surface area contributed by atoms with E-state index in [1.165, 1.54) is 0 Å². The smallest absolute Gasteiger partial charge is 0.228 e. The zero-order chi connectivity index (χ0) is 12.3. The van der Waals surface area contributed by atoms with Crippen LogP contribution in [0.3, 0.4) is 0 Å². The average molecular weight is 229 g/mol. The maximum Gasteiger partial charge on any atom is 0.228 e. The number of hydrogen-bond donors (Lipinski definition) is 1. The van der Waals surface area contributed by atoms with Crippen LogP contribution in [-0.4, -0.2) is 17.6 Å². The minimum absolute atomic E-state index is 0.00889.